The number of nitro groups is 1. The van der Waals surface area contributed by atoms with Gasteiger partial charge in [0.15, 0.2) is 5.52 Å². The van der Waals surface area contributed by atoms with E-state index in [1.807, 2.05) is 0 Å². The summed E-state index contributed by atoms with van der Waals surface area (Å²) in [6, 6.07) is 5.87. The Balaban J connectivity index is 2.06. The number of aromatic nitrogens is 2. The number of fused-ring (bicyclic) bond motifs is 1. The van der Waals surface area contributed by atoms with Crippen LogP contribution in [-0.4, -0.2) is 14.9 Å². The van der Waals surface area contributed by atoms with E-state index in [0.29, 0.717) is 5.56 Å². The highest BCUT2D eigenvalue weighted by Crippen LogP contribution is 2.27. The number of aromatic amines is 1. The predicted octanol–water partition coefficient (Wildman–Crippen LogP) is 3.20. The van der Waals surface area contributed by atoms with Gasteiger partial charge in [-0.25, -0.2) is 9.37 Å². The maximum Gasteiger partial charge on any atom is 0.306 e. The molecule has 0 fully saturated rings. The predicted molar refractivity (Wildman–Crippen MR) is 82.2 cm³/mol. The summed E-state index contributed by atoms with van der Waals surface area (Å²) in [7, 11) is 0. The summed E-state index contributed by atoms with van der Waals surface area (Å²) in [5, 5.41) is 12.2. The number of H-pyrrole nitrogens is 1. The largest absolute Gasteiger partial charge is 0.306 e. The van der Waals surface area contributed by atoms with Crippen LogP contribution in [0.4, 0.5) is 10.1 Å². The molecule has 0 unspecified atom stereocenters. The molecule has 0 aliphatic heterocycles. The van der Waals surface area contributed by atoms with E-state index < -0.39 is 10.5 Å². The van der Waals surface area contributed by atoms with E-state index in [0.717, 1.165) is 11.3 Å². The summed E-state index contributed by atoms with van der Waals surface area (Å²) in [4.78, 5) is 28.9. The monoisotopic (exact) mass is 317 g/mol. The number of hydrogen-bond donors (Lipinski definition) is 1. The standard InChI is InChI=1S/C14H8FN3O3S/c15-9-3-1-2-8(6-9)4-5-11-16-12-10(18(20)21)7-22-13(12)14(19)17-11/h1-7H,(H,16,17,19)/b5-4+. The molecule has 6 nitrogen and oxygen atoms in total. The third-order valence-electron chi connectivity index (χ3n) is 2.91. The van der Waals surface area contributed by atoms with Crippen LogP contribution >= 0.6 is 11.3 Å². The first kappa shape index (κ1) is 14.1. The van der Waals surface area contributed by atoms with E-state index >= 15 is 0 Å². The first-order chi connectivity index (χ1) is 10.5. The number of hydrogen-bond acceptors (Lipinski definition) is 5. The van der Waals surface area contributed by atoms with E-state index in [9.17, 15) is 19.3 Å². The number of nitrogens with one attached hydrogen (secondary N) is 1. The van der Waals surface area contributed by atoms with Crippen LogP contribution in [0.3, 0.4) is 0 Å². The minimum absolute atomic E-state index is 0.0534. The van der Waals surface area contributed by atoms with Crippen LogP contribution in [0.15, 0.2) is 34.4 Å². The third-order valence-corrected chi connectivity index (χ3v) is 3.86. The molecular formula is C14H8FN3O3S. The molecule has 110 valence electrons. The van der Waals surface area contributed by atoms with Crippen LogP contribution in [-0.2, 0) is 0 Å². The number of benzene rings is 1. The van der Waals surface area contributed by atoms with Gasteiger partial charge in [0.2, 0.25) is 0 Å². The highest BCUT2D eigenvalue weighted by molar-refractivity contribution is 7.17. The second-order valence-electron chi connectivity index (χ2n) is 4.40. The van der Waals surface area contributed by atoms with Gasteiger partial charge in [0.05, 0.1) is 10.3 Å². The van der Waals surface area contributed by atoms with Crippen molar-refractivity contribution in [2.24, 2.45) is 0 Å². The molecule has 2 aromatic heterocycles. The van der Waals surface area contributed by atoms with E-state index in [4.69, 9.17) is 0 Å². The summed E-state index contributed by atoms with van der Waals surface area (Å²) in [5.41, 5.74) is -0.00583. The van der Waals surface area contributed by atoms with Crippen molar-refractivity contribution in [1.82, 2.24) is 9.97 Å². The topological polar surface area (TPSA) is 88.9 Å². The average Bonchev–Trinajstić information content (AvgIpc) is 2.90. The Morgan fingerprint density at radius 2 is 2.18 bits per heavy atom. The van der Waals surface area contributed by atoms with Crippen molar-refractivity contribution in [1.29, 1.82) is 0 Å². The number of halogens is 1. The fourth-order valence-corrected chi connectivity index (χ4v) is 2.77. The highest BCUT2D eigenvalue weighted by Gasteiger charge is 2.18. The highest BCUT2D eigenvalue weighted by atomic mass is 32.1. The average molecular weight is 317 g/mol. The van der Waals surface area contributed by atoms with Gasteiger partial charge in [-0.15, -0.1) is 11.3 Å². The van der Waals surface area contributed by atoms with E-state index in [1.54, 1.807) is 18.2 Å². The van der Waals surface area contributed by atoms with Crippen LogP contribution in [0.25, 0.3) is 22.4 Å². The molecule has 0 radical (unpaired) electrons. The third kappa shape index (κ3) is 2.63. The fourth-order valence-electron chi connectivity index (χ4n) is 1.93. The number of nitrogens with zero attached hydrogens (tertiary/aromatic N) is 2. The Bertz CT molecular complexity index is 961. The molecule has 0 aliphatic carbocycles. The normalized spacial score (nSPS) is 11.3. The first-order valence-corrected chi connectivity index (χ1v) is 7.02. The zero-order chi connectivity index (χ0) is 15.7. The molecule has 0 aliphatic rings. The second-order valence-corrected chi connectivity index (χ2v) is 5.27. The van der Waals surface area contributed by atoms with Crippen molar-refractivity contribution in [3.8, 4) is 0 Å². The Hall–Kier alpha value is -2.87. The molecule has 8 heteroatoms. The molecule has 1 aromatic carbocycles. The summed E-state index contributed by atoms with van der Waals surface area (Å²) in [6.07, 6.45) is 3.03. The zero-order valence-electron chi connectivity index (χ0n) is 10.9. The van der Waals surface area contributed by atoms with Crippen LogP contribution in [0.1, 0.15) is 11.4 Å². The first-order valence-electron chi connectivity index (χ1n) is 6.14. The van der Waals surface area contributed by atoms with E-state index in [2.05, 4.69) is 9.97 Å². The molecule has 0 spiro atoms. The van der Waals surface area contributed by atoms with E-state index in [-0.39, 0.29) is 27.5 Å². The van der Waals surface area contributed by atoms with Crippen molar-refractivity contribution >= 4 is 39.4 Å². The van der Waals surface area contributed by atoms with Crippen molar-refractivity contribution in [2.45, 2.75) is 0 Å². The fraction of sp³-hybridized carbons (Fsp3) is 0. The van der Waals surface area contributed by atoms with Crippen molar-refractivity contribution in [3.05, 3.63) is 67.3 Å². The van der Waals surface area contributed by atoms with Crippen LogP contribution < -0.4 is 5.56 Å². The van der Waals surface area contributed by atoms with Crippen molar-refractivity contribution in [3.63, 3.8) is 0 Å². The van der Waals surface area contributed by atoms with Crippen molar-refractivity contribution < 1.29 is 9.31 Å². The second kappa shape index (κ2) is 5.49. The smallest absolute Gasteiger partial charge is 0.306 e. The molecule has 2 heterocycles. The lowest BCUT2D eigenvalue weighted by Gasteiger charge is -1.96. The van der Waals surface area contributed by atoms with Gasteiger partial charge in [-0.05, 0) is 23.8 Å². The molecule has 0 bridgehead atoms. The van der Waals surface area contributed by atoms with Crippen LogP contribution in [0.2, 0.25) is 0 Å². The summed E-state index contributed by atoms with van der Waals surface area (Å²) in [6.45, 7) is 0. The maximum atomic E-state index is 13.1. The van der Waals surface area contributed by atoms with Gasteiger partial charge in [-0.1, -0.05) is 18.2 Å². The Kier molecular flexibility index (Phi) is 3.51. The lowest BCUT2D eigenvalue weighted by molar-refractivity contribution is -0.382. The molecular weight excluding hydrogens is 309 g/mol. The van der Waals surface area contributed by atoms with Gasteiger partial charge in [0.25, 0.3) is 5.56 Å². The van der Waals surface area contributed by atoms with Crippen LogP contribution in [0, 0.1) is 15.9 Å². The molecule has 0 amide bonds. The summed E-state index contributed by atoms with van der Waals surface area (Å²) in [5.74, 6) is -0.212. The van der Waals surface area contributed by atoms with Gasteiger partial charge in [-0.2, -0.15) is 0 Å². The lowest BCUT2D eigenvalue weighted by Crippen LogP contribution is -2.08. The van der Waals surface area contributed by atoms with Crippen LogP contribution in [0.5, 0.6) is 0 Å². The van der Waals surface area contributed by atoms with Gasteiger partial charge in [0, 0.05) is 0 Å². The Labute approximate surface area is 126 Å². The van der Waals surface area contributed by atoms with Crippen molar-refractivity contribution in [2.75, 3.05) is 0 Å². The molecule has 0 saturated carbocycles. The molecule has 22 heavy (non-hydrogen) atoms. The SMILES string of the molecule is O=c1[nH]c(/C=C/c2cccc(F)c2)nc2c([N+](=O)[O-])csc12. The molecule has 0 saturated heterocycles. The maximum absolute atomic E-state index is 13.1. The molecule has 1 N–H and O–H groups in total. The summed E-state index contributed by atoms with van der Waals surface area (Å²) < 4.78 is 13.3. The molecule has 3 aromatic rings. The zero-order valence-corrected chi connectivity index (χ0v) is 11.8. The quantitative estimate of drug-likeness (QED) is 0.593. The minimum atomic E-state index is -0.578. The molecule has 3 rings (SSSR count). The van der Waals surface area contributed by atoms with E-state index in [1.165, 1.54) is 23.6 Å². The lowest BCUT2D eigenvalue weighted by atomic mass is 10.2. The number of thiophene rings is 1. The number of rotatable bonds is 3. The minimum Gasteiger partial charge on any atom is -0.306 e. The van der Waals surface area contributed by atoms with Gasteiger partial charge >= 0.3 is 5.69 Å². The van der Waals surface area contributed by atoms with Gasteiger partial charge in [-0.3, -0.25) is 14.9 Å². The Morgan fingerprint density at radius 1 is 1.36 bits per heavy atom. The summed E-state index contributed by atoms with van der Waals surface area (Å²) >= 11 is 0.972. The van der Waals surface area contributed by atoms with Gasteiger partial charge < -0.3 is 4.98 Å². The molecule has 0 atom stereocenters. The van der Waals surface area contributed by atoms with Gasteiger partial charge in [0.1, 0.15) is 16.3 Å². The Morgan fingerprint density at radius 3 is 2.91 bits per heavy atom.